The van der Waals surface area contributed by atoms with E-state index >= 15 is 0 Å². The molecule has 0 fully saturated rings. The molecule has 1 rings (SSSR count). The third-order valence-electron chi connectivity index (χ3n) is 2.12. The number of imidazole rings is 1. The highest BCUT2D eigenvalue weighted by Gasteiger charge is 2.26. The van der Waals surface area contributed by atoms with Gasteiger partial charge < -0.3 is 9.67 Å². The van der Waals surface area contributed by atoms with Crippen molar-refractivity contribution in [1.82, 2.24) is 9.55 Å². The second-order valence-corrected chi connectivity index (χ2v) is 3.37. The van der Waals surface area contributed by atoms with Crippen molar-refractivity contribution < 1.29 is 23.1 Å². The number of aromatic carboxylic acids is 1. The lowest BCUT2D eigenvalue weighted by molar-refractivity contribution is -0.135. The van der Waals surface area contributed by atoms with Crippen LogP contribution in [0.1, 0.15) is 29.2 Å². The van der Waals surface area contributed by atoms with Gasteiger partial charge in [0.15, 0.2) is 0 Å². The Morgan fingerprint density at radius 3 is 2.69 bits per heavy atom. The predicted molar refractivity (Wildman–Crippen MR) is 49.2 cm³/mol. The Bertz CT molecular complexity index is 385. The molecule has 0 bridgehead atoms. The van der Waals surface area contributed by atoms with Crippen molar-refractivity contribution in [3.05, 3.63) is 17.7 Å². The molecule has 0 amide bonds. The summed E-state index contributed by atoms with van der Waals surface area (Å²) in [6.45, 7) is 1.56. The molecule has 0 aliphatic rings. The Labute approximate surface area is 89.7 Å². The number of aromatic nitrogens is 2. The number of carboxylic acid groups (broad SMARTS) is 1. The Hall–Kier alpha value is -1.53. The van der Waals surface area contributed by atoms with Gasteiger partial charge in [-0.1, -0.05) is 0 Å². The second-order valence-electron chi connectivity index (χ2n) is 3.37. The second kappa shape index (κ2) is 4.54. The maximum absolute atomic E-state index is 11.9. The predicted octanol–water partition coefficient (Wildman–Crippen LogP) is 2.23. The average Bonchev–Trinajstić information content (AvgIpc) is 2.46. The molecule has 7 heteroatoms. The molecule has 0 spiro atoms. The minimum Gasteiger partial charge on any atom is -0.477 e. The number of carbonyl (C=O) groups is 1. The summed E-state index contributed by atoms with van der Waals surface area (Å²) in [5, 5.41) is 8.76. The van der Waals surface area contributed by atoms with E-state index in [1.54, 1.807) is 6.92 Å². The molecule has 1 heterocycles. The van der Waals surface area contributed by atoms with Crippen molar-refractivity contribution in [2.24, 2.45) is 0 Å². The van der Waals surface area contributed by atoms with Crippen LogP contribution in [-0.4, -0.2) is 26.8 Å². The van der Waals surface area contributed by atoms with Gasteiger partial charge in [0.25, 0.3) is 0 Å². The number of hydrogen-bond donors (Lipinski definition) is 1. The number of halogens is 3. The van der Waals surface area contributed by atoms with Gasteiger partial charge in [0.1, 0.15) is 11.5 Å². The molecule has 0 atom stereocenters. The van der Waals surface area contributed by atoms with Crippen LogP contribution in [-0.2, 0) is 6.54 Å². The minimum absolute atomic E-state index is 0.00692. The van der Waals surface area contributed by atoms with Gasteiger partial charge in [-0.15, -0.1) is 0 Å². The zero-order chi connectivity index (χ0) is 12.3. The molecule has 16 heavy (non-hydrogen) atoms. The molecule has 4 nitrogen and oxygen atoms in total. The maximum Gasteiger partial charge on any atom is 0.389 e. The number of alkyl halides is 3. The molecule has 1 N–H and O–H groups in total. The summed E-state index contributed by atoms with van der Waals surface area (Å²) < 4.78 is 37.0. The van der Waals surface area contributed by atoms with Gasteiger partial charge in [0.2, 0.25) is 0 Å². The highest BCUT2D eigenvalue weighted by atomic mass is 19.4. The first-order valence-electron chi connectivity index (χ1n) is 4.63. The average molecular weight is 236 g/mol. The number of rotatable bonds is 4. The molecular formula is C9H11F3N2O2. The van der Waals surface area contributed by atoms with E-state index in [1.165, 1.54) is 4.57 Å². The molecule has 1 aromatic rings. The molecule has 0 radical (unpaired) electrons. The largest absolute Gasteiger partial charge is 0.477 e. The summed E-state index contributed by atoms with van der Waals surface area (Å²) in [6.07, 6.45) is -4.15. The van der Waals surface area contributed by atoms with Gasteiger partial charge in [-0.3, -0.25) is 0 Å². The standard InChI is InChI=1S/C9H11F3N2O2/c1-6-13-5-7(8(15)16)14(6)4-2-3-9(10,11)12/h5H,2-4H2,1H3,(H,15,16). The van der Waals surface area contributed by atoms with Crippen LogP contribution in [0.4, 0.5) is 13.2 Å². The van der Waals surface area contributed by atoms with Gasteiger partial charge in [-0.25, -0.2) is 9.78 Å². The van der Waals surface area contributed by atoms with Gasteiger partial charge in [0.05, 0.1) is 6.20 Å². The number of aryl methyl sites for hydroxylation is 1. The summed E-state index contributed by atoms with van der Waals surface area (Å²) >= 11 is 0. The van der Waals surface area contributed by atoms with E-state index in [9.17, 15) is 18.0 Å². The van der Waals surface area contributed by atoms with Crippen molar-refractivity contribution in [3.63, 3.8) is 0 Å². The molecule has 1 aromatic heterocycles. The Balaban J connectivity index is 2.66. The minimum atomic E-state index is -4.21. The lowest BCUT2D eigenvalue weighted by Crippen LogP contribution is -2.13. The summed E-state index contributed by atoms with van der Waals surface area (Å²) in [4.78, 5) is 14.5. The van der Waals surface area contributed by atoms with E-state index in [4.69, 9.17) is 5.11 Å². The summed E-state index contributed by atoms with van der Waals surface area (Å²) in [6, 6.07) is 0. The van der Waals surface area contributed by atoms with E-state index < -0.39 is 18.6 Å². The SMILES string of the molecule is Cc1ncc(C(=O)O)n1CCCC(F)(F)F. The zero-order valence-corrected chi connectivity index (χ0v) is 8.58. The van der Waals surface area contributed by atoms with Crippen LogP contribution in [0.5, 0.6) is 0 Å². The van der Waals surface area contributed by atoms with E-state index in [-0.39, 0.29) is 18.7 Å². The lowest BCUT2D eigenvalue weighted by Gasteiger charge is -2.09. The highest BCUT2D eigenvalue weighted by Crippen LogP contribution is 2.22. The number of nitrogens with zero attached hydrogens (tertiary/aromatic N) is 2. The monoisotopic (exact) mass is 236 g/mol. The fourth-order valence-electron chi connectivity index (χ4n) is 1.36. The first-order chi connectivity index (χ1) is 7.31. The van der Waals surface area contributed by atoms with Crippen molar-refractivity contribution in [1.29, 1.82) is 0 Å². The summed E-state index contributed by atoms with van der Waals surface area (Å²) in [5.74, 6) is -0.785. The molecule has 90 valence electrons. The van der Waals surface area contributed by atoms with Crippen LogP contribution in [0.15, 0.2) is 6.20 Å². The topological polar surface area (TPSA) is 55.1 Å². The first kappa shape index (κ1) is 12.5. The van der Waals surface area contributed by atoms with Crippen LogP contribution in [0.25, 0.3) is 0 Å². The number of carboxylic acids is 1. The molecule has 0 aliphatic heterocycles. The van der Waals surface area contributed by atoms with E-state index in [2.05, 4.69) is 4.98 Å². The molecular weight excluding hydrogens is 225 g/mol. The van der Waals surface area contributed by atoms with Crippen LogP contribution >= 0.6 is 0 Å². The van der Waals surface area contributed by atoms with E-state index in [0.29, 0.717) is 5.82 Å². The van der Waals surface area contributed by atoms with Crippen molar-refractivity contribution >= 4 is 5.97 Å². The van der Waals surface area contributed by atoms with Crippen molar-refractivity contribution in [3.8, 4) is 0 Å². The molecule has 0 saturated heterocycles. The van der Waals surface area contributed by atoms with Crippen LogP contribution < -0.4 is 0 Å². The third kappa shape index (κ3) is 3.25. The molecule has 0 saturated carbocycles. The van der Waals surface area contributed by atoms with Gasteiger partial charge in [-0.05, 0) is 13.3 Å². The molecule has 0 unspecified atom stereocenters. The van der Waals surface area contributed by atoms with Crippen molar-refractivity contribution in [2.45, 2.75) is 32.5 Å². The maximum atomic E-state index is 11.9. The Morgan fingerprint density at radius 2 is 2.19 bits per heavy atom. The van der Waals surface area contributed by atoms with E-state index in [1.807, 2.05) is 0 Å². The fraction of sp³-hybridized carbons (Fsp3) is 0.556. The summed E-state index contributed by atoms with van der Waals surface area (Å²) in [7, 11) is 0. The van der Waals surface area contributed by atoms with E-state index in [0.717, 1.165) is 6.20 Å². The first-order valence-corrected chi connectivity index (χ1v) is 4.63. The van der Waals surface area contributed by atoms with Crippen LogP contribution in [0.3, 0.4) is 0 Å². The number of hydrogen-bond acceptors (Lipinski definition) is 2. The van der Waals surface area contributed by atoms with Gasteiger partial charge in [-0.2, -0.15) is 13.2 Å². The van der Waals surface area contributed by atoms with Crippen molar-refractivity contribution in [2.75, 3.05) is 0 Å². The highest BCUT2D eigenvalue weighted by molar-refractivity contribution is 5.85. The Kier molecular flexibility index (Phi) is 3.56. The van der Waals surface area contributed by atoms with Gasteiger partial charge >= 0.3 is 12.1 Å². The Morgan fingerprint density at radius 1 is 1.56 bits per heavy atom. The van der Waals surface area contributed by atoms with Crippen LogP contribution in [0.2, 0.25) is 0 Å². The van der Waals surface area contributed by atoms with Gasteiger partial charge in [0, 0.05) is 13.0 Å². The summed E-state index contributed by atoms with van der Waals surface area (Å²) in [5.41, 5.74) is -0.0836. The molecule has 0 aromatic carbocycles. The third-order valence-corrected chi connectivity index (χ3v) is 2.12. The fourth-order valence-corrected chi connectivity index (χ4v) is 1.36. The lowest BCUT2D eigenvalue weighted by atomic mass is 10.3. The smallest absolute Gasteiger partial charge is 0.389 e. The zero-order valence-electron chi connectivity index (χ0n) is 8.58. The van der Waals surface area contributed by atoms with Crippen LogP contribution in [0, 0.1) is 6.92 Å². The normalized spacial score (nSPS) is 11.8. The molecule has 0 aliphatic carbocycles. The quantitative estimate of drug-likeness (QED) is 0.872.